The first-order valence-corrected chi connectivity index (χ1v) is 23.9. The van der Waals surface area contributed by atoms with E-state index in [9.17, 15) is 64.1 Å². The molecule has 64 heavy (non-hydrogen) atoms. The molecule has 0 unspecified atom stereocenters. The molecule has 0 aromatic carbocycles. The molecule has 0 radical (unpaired) electrons. The van der Waals surface area contributed by atoms with Gasteiger partial charge in [0.2, 0.25) is 23.6 Å². The zero-order chi connectivity index (χ0) is 46.6. The fourth-order valence-electron chi connectivity index (χ4n) is 8.79. The molecule has 4 aliphatic carbocycles. The van der Waals surface area contributed by atoms with Crippen LogP contribution in [0.2, 0.25) is 0 Å². The van der Waals surface area contributed by atoms with Crippen LogP contribution in [-0.4, -0.2) is 130 Å². The highest BCUT2D eigenvalue weighted by Crippen LogP contribution is 2.44. The lowest BCUT2D eigenvalue weighted by atomic mass is 9.93. The number of carbonyl (C=O) groups is 4. The molecule has 6 fully saturated rings. The zero-order valence-electron chi connectivity index (χ0n) is 34.8. The van der Waals surface area contributed by atoms with E-state index < -0.39 is 126 Å². The Labute approximate surface area is 366 Å². The van der Waals surface area contributed by atoms with Crippen molar-refractivity contribution >= 4 is 43.3 Å². The Morgan fingerprint density at radius 1 is 0.594 bits per heavy atom. The summed E-state index contributed by atoms with van der Waals surface area (Å²) in [5.41, 5.74) is -0.932. The van der Waals surface area contributed by atoms with Crippen molar-refractivity contribution < 1.29 is 53.6 Å². The van der Waals surface area contributed by atoms with Gasteiger partial charge in [-0.3, -0.25) is 19.2 Å². The number of amides is 4. The second kappa shape index (κ2) is 16.9. The topological polar surface area (TPSA) is 266 Å². The first-order valence-electron chi connectivity index (χ1n) is 20.8. The monoisotopic (exact) mass is 934 g/mol. The fraction of sp³-hybridized carbons (Fsp3) is 0.650. The Hall–Kier alpha value is -5.36. The quantitative estimate of drug-likeness (QED) is 0.323. The molecule has 4 amide bonds. The lowest BCUT2D eigenvalue weighted by Crippen LogP contribution is -2.45. The number of alkyl halides is 4. The lowest BCUT2D eigenvalue weighted by molar-refractivity contribution is -0.141. The van der Waals surface area contributed by atoms with E-state index in [0.29, 0.717) is 37.1 Å². The molecule has 6 aliphatic rings. The third kappa shape index (κ3) is 9.67. The average Bonchev–Trinajstić information content (AvgIpc) is 3.90. The summed E-state index contributed by atoms with van der Waals surface area (Å²) in [5.74, 6) is -12.7. The number of rotatable bonds is 10. The molecule has 2 aromatic rings. The summed E-state index contributed by atoms with van der Waals surface area (Å²) in [6.45, 7) is 1.50. The molecule has 0 bridgehead atoms. The van der Waals surface area contributed by atoms with Gasteiger partial charge < -0.3 is 20.4 Å². The van der Waals surface area contributed by atoms with E-state index in [1.807, 2.05) is 12.1 Å². The van der Waals surface area contributed by atoms with Gasteiger partial charge in [-0.25, -0.2) is 34.4 Å². The van der Waals surface area contributed by atoms with Crippen LogP contribution in [0.1, 0.15) is 75.6 Å². The predicted octanol–water partition coefficient (Wildman–Crippen LogP) is 1.99. The molecule has 2 aromatic heterocycles. The first kappa shape index (κ1) is 46.6. The third-order valence-corrected chi connectivity index (χ3v) is 17.1. The molecule has 2 N–H and O–H groups in total. The molecule has 24 heteroatoms. The van der Waals surface area contributed by atoms with Crippen molar-refractivity contribution in [2.45, 2.75) is 122 Å². The van der Waals surface area contributed by atoms with Crippen LogP contribution in [0.15, 0.2) is 34.3 Å². The van der Waals surface area contributed by atoms with Gasteiger partial charge in [-0.2, -0.15) is 20.7 Å². The minimum absolute atomic E-state index is 0.153. The highest BCUT2D eigenvalue weighted by molar-refractivity contribution is 7.92. The molecule has 8 rings (SSSR count). The fourth-order valence-corrected chi connectivity index (χ4v) is 12.1. The van der Waals surface area contributed by atoms with Crippen molar-refractivity contribution in [1.82, 2.24) is 40.8 Å². The summed E-state index contributed by atoms with van der Waals surface area (Å²) in [4.78, 5) is 54.1. The van der Waals surface area contributed by atoms with E-state index in [2.05, 4.69) is 31.0 Å². The Morgan fingerprint density at radius 2 is 0.938 bits per heavy atom. The maximum Gasteiger partial charge on any atom is 0.267 e. The number of sulfone groups is 2. The summed E-state index contributed by atoms with van der Waals surface area (Å²) in [6.07, 6.45) is 0.254. The minimum atomic E-state index is -4.01. The van der Waals surface area contributed by atoms with Crippen molar-refractivity contribution in [3.8, 4) is 12.1 Å². The Morgan fingerprint density at radius 3 is 1.20 bits per heavy atom. The van der Waals surface area contributed by atoms with Gasteiger partial charge in [0, 0.05) is 25.9 Å². The second-order valence-corrected chi connectivity index (χ2v) is 22.2. The standard InChI is InChI=1S/2C20H23F2N5O4S/c2*1-12-2-3-16(26-25-12)32(30,31)13-8-14(17(28)24-19(10-23)4-5-19)15(9-13)18(29)27-7-6-20(21,22)11-27/h2*2-3,13-15H,4-9,11H2,1H3,(H,24,28)/t13-,14+,15+;13-,14-,15-/m01/s1. The normalized spacial score (nSPS) is 28.2. The van der Waals surface area contributed by atoms with Gasteiger partial charge in [0.05, 0.1) is 70.8 Å². The highest BCUT2D eigenvalue weighted by Gasteiger charge is 2.55. The van der Waals surface area contributed by atoms with Crippen molar-refractivity contribution in [3.63, 3.8) is 0 Å². The molecular formula is C40H46F4N10O8S2. The maximum absolute atomic E-state index is 13.7. The summed E-state index contributed by atoms with van der Waals surface area (Å²) in [6, 6.07) is 9.68. The van der Waals surface area contributed by atoms with Crippen LogP contribution >= 0.6 is 0 Å². The largest absolute Gasteiger partial charge is 0.338 e. The van der Waals surface area contributed by atoms with Crippen LogP contribution in [0.3, 0.4) is 0 Å². The van der Waals surface area contributed by atoms with E-state index >= 15 is 0 Å². The molecule has 18 nitrogen and oxygen atoms in total. The highest BCUT2D eigenvalue weighted by atomic mass is 32.2. The average molecular weight is 935 g/mol. The van der Waals surface area contributed by atoms with Crippen LogP contribution in [0.5, 0.6) is 0 Å². The predicted molar refractivity (Wildman–Crippen MR) is 212 cm³/mol. The van der Waals surface area contributed by atoms with Crippen LogP contribution in [0.4, 0.5) is 17.6 Å². The number of aromatic nitrogens is 4. The molecular weight excluding hydrogens is 889 g/mol. The van der Waals surface area contributed by atoms with Gasteiger partial charge in [-0.05, 0) is 89.5 Å². The minimum Gasteiger partial charge on any atom is -0.338 e. The van der Waals surface area contributed by atoms with Crippen LogP contribution in [-0.2, 0) is 38.9 Å². The number of likely N-dealkylation sites (tertiary alicyclic amines) is 2. The van der Waals surface area contributed by atoms with Crippen LogP contribution < -0.4 is 10.6 Å². The van der Waals surface area contributed by atoms with E-state index in [4.69, 9.17) is 0 Å². The first-order chi connectivity index (χ1) is 29.9. The van der Waals surface area contributed by atoms with Gasteiger partial charge in [-0.1, -0.05) is 0 Å². The van der Waals surface area contributed by atoms with Crippen LogP contribution in [0.25, 0.3) is 0 Å². The molecule has 4 saturated carbocycles. The van der Waals surface area contributed by atoms with Crippen molar-refractivity contribution in [1.29, 1.82) is 10.5 Å². The molecule has 2 aliphatic heterocycles. The zero-order valence-corrected chi connectivity index (χ0v) is 36.5. The number of hydrogen-bond donors (Lipinski definition) is 2. The van der Waals surface area contributed by atoms with Gasteiger partial charge in [0.25, 0.3) is 11.8 Å². The second-order valence-electron chi connectivity index (χ2n) is 17.8. The smallest absolute Gasteiger partial charge is 0.267 e. The molecule has 4 heterocycles. The van der Waals surface area contributed by atoms with Gasteiger partial charge in [0.1, 0.15) is 11.1 Å². The van der Waals surface area contributed by atoms with Crippen molar-refractivity contribution in [2.24, 2.45) is 23.7 Å². The number of carbonyl (C=O) groups excluding carboxylic acids is 4. The van der Waals surface area contributed by atoms with E-state index in [0.717, 1.165) is 9.80 Å². The van der Waals surface area contributed by atoms with Gasteiger partial charge in [0.15, 0.2) is 29.7 Å². The molecule has 6 atom stereocenters. The summed E-state index contributed by atoms with van der Waals surface area (Å²) in [7, 11) is -8.01. The van der Waals surface area contributed by atoms with Gasteiger partial charge in [-0.15, -0.1) is 10.2 Å². The number of nitriles is 2. The molecule has 0 spiro atoms. The van der Waals surface area contributed by atoms with E-state index in [-0.39, 0.29) is 48.8 Å². The Balaban J connectivity index is 0.000000191. The Bertz CT molecular complexity index is 2340. The van der Waals surface area contributed by atoms with Crippen LogP contribution in [0, 0.1) is 60.2 Å². The number of aryl methyl sites for hydroxylation is 2. The number of nitrogens with one attached hydrogen (secondary N) is 2. The number of hydrogen-bond acceptors (Lipinski definition) is 14. The van der Waals surface area contributed by atoms with E-state index in [1.165, 1.54) is 24.3 Å². The Kier molecular flexibility index (Phi) is 12.3. The molecule has 344 valence electrons. The summed E-state index contributed by atoms with van der Waals surface area (Å²) >= 11 is 0. The third-order valence-electron chi connectivity index (χ3n) is 13.0. The summed E-state index contributed by atoms with van der Waals surface area (Å²) in [5, 5.41) is 36.1. The molecule has 2 saturated heterocycles. The number of halogens is 4. The van der Waals surface area contributed by atoms with Gasteiger partial charge >= 0.3 is 0 Å². The number of nitrogens with zero attached hydrogens (tertiary/aromatic N) is 8. The van der Waals surface area contributed by atoms with Crippen molar-refractivity contribution in [3.05, 3.63) is 35.7 Å². The van der Waals surface area contributed by atoms with Crippen molar-refractivity contribution in [2.75, 3.05) is 26.2 Å². The summed E-state index contributed by atoms with van der Waals surface area (Å²) < 4.78 is 107. The lowest BCUT2D eigenvalue weighted by Gasteiger charge is -2.24. The van der Waals surface area contributed by atoms with E-state index in [1.54, 1.807) is 13.8 Å². The SMILES string of the molecule is Cc1ccc(S(=O)(=O)[C@@H]2C[C@@H](C(=O)NC3(C#N)CC3)[C@H](C(=O)N3CCC(F)(F)C3)C2)nn1.Cc1ccc(S(=O)(=O)[C@H]2C[C@@H](C(=O)NC3(C#N)CC3)[C@H](C(=O)N3CCC(F)(F)C3)C2)nn1. The maximum atomic E-state index is 13.7.